The molecule has 0 aliphatic rings. The molecule has 0 spiro atoms. The van der Waals surface area contributed by atoms with Crippen LogP contribution in [-0.2, 0) is 0 Å². The van der Waals surface area contributed by atoms with Crippen molar-refractivity contribution in [3.63, 3.8) is 0 Å². The Kier molecular flexibility index (Phi) is 3.01. The molecule has 0 aliphatic carbocycles. The molecule has 0 amide bonds. The monoisotopic (exact) mass is 278 g/mol. The summed E-state index contributed by atoms with van der Waals surface area (Å²) in [5, 5.41) is 9.14. The molecule has 0 bridgehead atoms. The van der Waals surface area contributed by atoms with Crippen molar-refractivity contribution >= 4 is 16.6 Å². The van der Waals surface area contributed by atoms with Crippen LogP contribution >= 0.6 is 0 Å². The smallest absolute Gasteiger partial charge is 0.302 e. The minimum Gasteiger partial charge on any atom is -0.426 e. The molecule has 0 fully saturated rings. The molecule has 0 saturated carbocycles. The number of H-pyrrole nitrogens is 1. The van der Waals surface area contributed by atoms with Gasteiger partial charge in [0.15, 0.2) is 0 Å². The normalized spacial score (nSPS) is 10.2. The Hall–Kier alpha value is -3.33. The van der Waals surface area contributed by atoms with Crippen LogP contribution in [0.1, 0.15) is 5.56 Å². The van der Waals surface area contributed by atoms with Crippen LogP contribution in [0.15, 0.2) is 47.3 Å². The number of nitrogens with one attached hydrogen (secondary N) is 1. The van der Waals surface area contributed by atoms with Crippen molar-refractivity contribution in [1.29, 1.82) is 5.26 Å². The second-order valence-corrected chi connectivity index (χ2v) is 4.39. The fraction of sp³-hybridized carbons (Fsp3) is 0. The summed E-state index contributed by atoms with van der Waals surface area (Å²) in [5.41, 5.74) is 6.84. The van der Waals surface area contributed by atoms with Crippen molar-refractivity contribution in [1.82, 2.24) is 9.97 Å². The van der Waals surface area contributed by atoms with Gasteiger partial charge < -0.3 is 10.5 Å². The summed E-state index contributed by atoms with van der Waals surface area (Å²) in [6.45, 7) is 0. The molecule has 0 radical (unpaired) electrons. The van der Waals surface area contributed by atoms with Crippen molar-refractivity contribution in [3.8, 4) is 17.8 Å². The van der Waals surface area contributed by atoms with E-state index in [1.165, 1.54) is 0 Å². The van der Waals surface area contributed by atoms with Gasteiger partial charge in [-0.3, -0.25) is 9.78 Å². The summed E-state index contributed by atoms with van der Waals surface area (Å²) >= 11 is 0. The van der Waals surface area contributed by atoms with Crippen LogP contribution in [0, 0.1) is 11.3 Å². The quantitative estimate of drug-likeness (QED) is 0.699. The number of hydrogen-bond acceptors (Lipinski definition) is 5. The highest BCUT2D eigenvalue weighted by Gasteiger charge is 2.06. The molecular formula is C15H10N4O2. The van der Waals surface area contributed by atoms with E-state index < -0.39 is 0 Å². The maximum absolute atomic E-state index is 12.0. The van der Waals surface area contributed by atoms with E-state index in [9.17, 15) is 4.79 Å². The lowest BCUT2D eigenvalue weighted by atomic mass is 10.2. The number of nitrogens with zero attached hydrogens (tertiary/aromatic N) is 2. The highest BCUT2D eigenvalue weighted by Crippen LogP contribution is 2.19. The van der Waals surface area contributed by atoms with Gasteiger partial charge >= 0.3 is 6.01 Å². The SMILES string of the molecule is N#Cc1ccc(Oc2nc3ccc(N)cc3c(=O)[nH]2)cc1. The van der Waals surface area contributed by atoms with Gasteiger partial charge in [0.05, 0.1) is 22.5 Å². The lowest BCUT2D eigenvalue weighted by Gasteiger charge is -2.05. The summed E-state index contributed by atoms with van der Waals surface area (Å²) < 4.78 is 5.49. The number of aromatic amines is 1. The number of ether oxygens (including phenoxy) is 1. The molecule has 0 aliphatic heterocycles. The molecule has 6 heteroatoms. The Bertz CT molecular complexity index is 908. The first-order chi connectivity index (χ1) is 10.2. The Morgan fingerprint density at radius 3 is 2.67 bits per heavy atom. The zero-order valence-electron chi connectivity index (χ0n) is 10.8. The number of rotatable bonds is 2. The molecule has 2 aromatic carbocycles. The third kappa shape index (κ3) is 2.53. The second-order valence-electron chi connectivity index (χ2n) is 4.39. The molecule has 1 aromatic heterocycles. The van der Waals surface area contributed by atoms with Crippen molar-refractivity contribution in [3.05, 3.63) is 58.4 Å². The Labute approximate surface area is 119 Å². The van der Waals surface area contributed by atoms with Crippen molar-refractivity contribution < 1.29 is 4.74 Å². The molecule has 102 valence electrons. The predicted molar refractivity (Wildman–Crippen MR) is 78.0 cm³/mol. The molecule has 3 aromatic rings. The number of fused-ring (bicyclic) bond motifs is 1. The number of aromatic nitrogens is 2. The van der Waals surface area contributed by atoms with E-state index in [-0.39, 0.29) is 11.6 Å². The van der Waals surface area contributed by atoms with Gasteiger partial charge in [0.25, 0.3) is 5.56 Å². The average molecular weight is 278 g/mol. The van der Waals surface area contributed by atoms with Crippen molar-refractivity contribution in [2.75, 3.05) is 5.73 Å². The van der Waals surface area contributed by atoms with Gasteiger partial charge in [0.2, 0.25) is 0 Å². The topological polar surface area (TPSA) is 105 Å². The van der Waals surface area contributed by atoms with Gasteiger partial charge in [-0.05, 0) is 42.5 Å². The number of hydrogen-bond donors (Lipinski definition) is 2. The first kappa shape index (κ1) is 12.7. The van der Waals surface area contributed by atoms with E-state index in [0.29, 0.717) is 27.9 Å². The first-order valence-corrected chi connectivity index (χ1v) is 6.13. The van der Waals surface area contributed by atoms with Gasteiger partial charge in [0, 0.05) is 5.69 Å². The lowest BCUT2D eigenvalue weighted by Crippen LogP contribution is -2.09. The van der Waals surface area contributed by atoms with Crippen LogP contribution in [-0.4, -0.2) is 9.97 Å². The maximum atomic E-state index is 12.0. The van der Waals surface area contributed by atoms with Crippen LogP contribution in [0.5, 0.6) is 11.8 Å². The fourth-order valence-corrected chi connectivity index (χ4v) is 1.89. The number of nitrogen functional groups attached to an aromatic ring is 1. The predicted octanol–water partition coefficient (Wildman–Crippen LogP) is 2.17. The maximum Gasteiger partial charge on any atom is 0.302 e. The molecule has 0 atom stereocenters. The van der Waals surface area contributed by atoms with Gasteiger partial charge in [-0.25, -0.2) is 0 Å². The van der Waals surface area contributed by atoms with Gasteiger partial charge in [-0.2, -0.15) is 10.2 Å². The highest BCUT2D eigenvalue weighted by molar-refractivity contribution is 5.81. The van der Waals surface area contributed by atoms with Crippen molar-refractivity contribution in [2.24, 2.45) is 0 Å². The zero-order valence-corrected chi connectivity index (χ0v) is 10.8. The lowest BCUT2D eigenvalue weighted by molar-refractivity contribution is 0.443. The van der Waals surface area contributed by atoms with Crippen LogP contribution in [0.2, 0.25) is 0 Å². The molecule has 0 saturated heterocycles. The van der Waals surface area contributed by atoms with E-state index >= 15 is 0 Å². The van der Waals surface area contributed by atoms with Gasteiger partial charge in [-0.15, -0.1) is 0 Å². The minimum absolute atomic E-state index is 0.0852. The molecule has 1 heterocycles. The number of benzene rings is 2. The Morgan fingerprint density at radius 1 is 1.19 bits per heavy atom. The summed E-state index contributed by atoms with van der Waals surface area (Å²) in [7, 11) is 0. The third-order valence-electron chi connectivity index (χ3n) is 2.91. The average Bonchev–Trinajstić information content (AvgIpc) is 2.49. The summed E-state index contributed by atoms with van der Waals surface area (Å²) in [6, 6.07) is 13.5. The Morgan fingerprint density at radius 2 is 1.95 bits per heavy atom. The van der Waals surface area contributed by atoms with Crippen LogP contribution < -0.4 is 16.0 Å². The zero-order chi connectivity index (χ0) is 14.8. The third-order valence-corrected chi connectivity index (χ3v) is 2.91. The van der Waals surface area contributed by atoms with Crippen LogP contribution in [0.3, 0.4) is 0 Å². The Balaban J connectivity index is 1.99. The van der Waals surface area contributed by atoms with Gasteiger partial charge in [0.1, 0.15) is 5.75 Å². The molecule has 3 N–H and O–H groups in total. The molecule has 21 heavy (non-hydrogen) atoms. The summed E-state index contributed by atoms with van der Waals surface area (Å²) in [5.74, 6) is 0.479. The van der Waals surface area contributed by atoms with E-state index in [4.69, 9.17) is 15.7 Å². The summed E-state index contributed by atoms with van der Waals surface area (Å²) in [4.78, 5) is 18.7. The molecular weight excluding hydrogens is 268 g/mol. The van der Waals surface area contributed by atoms with E-state index in [0.717, 1.165) is 0 Å². The van der Waals surface area contributed by atoms with E-state index in [2.05, 4.69) is 9.97 Å². The van der Waals surface area contributed by atoms with Crippen molar-refractivity contribution in [2.45, 2.75) is 0 Å². The molecule has 3 rings (SSSR count). The largest absolute Gasteiger partial charge is 0.426 e. The first-order valence-electron chi connectivity index (χ1n) is 6.13. The van der Waals surface area contributed by atoms with Crippen LogP contribution in [0.4, 0.5) is 5.69 Å². The fourth-order valence-electron chi connectivity index (χ4n) is 1.89. The minimum atomic E-state index is -0.323. The van der Waals surface area contributed by atoms with E-state index in [1.807, 2.05) is 6.07 Å². The van der Waals surface area contributed by atoms with Crippen LogP contribution in [0.25, 0.3) is 10.9 Å². The second kappa shape index (κ2) is 4.98. The molecule has 0 unspecified atom stereocenters. The number of nitrogens with two attached hydrogens (primary N) is 1. The summed E-state index contributed by atoms with van der Waals surface area (Å²) in [6.07, 6.45) is 0. The van der Waals surface area contributed by atoms with Gasteiger partial charge in [-0.1, -0.05) is 0 Å². The van der Waals surface area contributed by atoms with E-state index in [1.54, 1.807) is 42.5 Å². The standard InChI is InChI=1S/C15H10N4O2/c16-8-9-1-4-11(5-2-9)21-15-18-13-6-3-10(17)7-12(13)14(20)19-15/h1-7H,17H2,(H,18,19,20). The number of nitriles is 1. The highest BCUT2D eigenvalue weighted by atomic mass is 16.5. The molecule has 6 nitrogen and oxygen atoms in total. The number of anilines is 1.